The summed E-state index contributed by atoms with van der Waals surface area (Å²) in [5, 5.41) is 12.7. The minimum atomic E-state index is -0.189. The van der Waals surface area contributed by atoms with E-state index in [-0.39, 0.29) is 17.8 Å². The number of rotatable bonds is 3. The van der Waals surface area contributed by atoms with Gasteiger partial charge in [0.2, 0.25) is 0 Å². The summed E-state index contributed by atoms with van der Waals surface area (Å²) in [6, 6.07) is 5.30. The van der Waals surface area contributed by atoms with Crippen molar-refractivity contribution in [1.82, 2.24) is 5.32 Å². The molecule has 0 bridgehead atoms. The summed E-state index contributed by atoms with van der Waals surface area (Å²) in [5.41, 5.74) is 2.19. The Morgan fingerprint density at radius 2 is 2.41 bits per heavy atom. The first kappa shape index (κ1) is 11.9. The van der Waals surface area contributed by atoms with Crippen molar-refractivity contribution in [2.45, 2.75) is 25.8 Å². The van der Waals surface area contributed by atoms with Crippen molar-refractivity contribution in [1.29, 1.82) is 0 Å². The lowest BCUT2D eigenvalue weighted by atomic mass is 9.92. The van der Waals surface area contributed by atoms with Crippen LogP contribution in [-0.2, 0) is 16.0 Å². The molecule has 0 aromatic heterocycles. The van der Waals surface area contributed by atoms with Crippen LogP contribution in [0, 0.1) is 0 Å². The van der Waals surface area contributed by atoms with Gasteiger partial charge in [-0.05, 0) is 43.1 Å². The zero-order chi connectivity index (χ0) is 12.3. The molecule has 4 nitrogen and oxygen atoms in total. The topological polar surface area (TPSA) is 58.6 Å². The summed E-state index contributed by atoms with van der Waals surface area (Å²) in [5.74, 6) is 0.0893. The van der Waals surface area contributed by atoms with Gasteiger partial charge in [0.1, 0.15) is 5.75 Å². The van der Waals surface area contributed by atoms with E-state index in [0.717, 1.165) is 24.1 Å². The van der Waals surface area contributed by atoms with Crippen LogP contribution in [0.25, 0.3) is 0 Å². The number of phenols is 1. The highest BCUT2D eigenvalue weighted by molar-refractivity contribution is 5.70. The Bertz CT molecular complexity index is 417. The quantitative estimate of drug-likeness (QED) is 0.780. The number of fused-ring (bicyclic) bond motifs is 1. The summed E-state index contributed by atoms with van der Waals surface area (Å²) in [7, 11) is 0. The Morgan fingerprint density at radius 3 is 3.18 bits per heavy atom. The Kier molecular flexibility index (Phi) is 3.64. The van der Waals surface area contributed by atoms with E-state index in [1.807, 2.05) is 6.07 Å². The molecule has 1 aliphatic heterocycles. The summed E-state index contributed by atoms with van der Waals surface area (Å²) >= 11 is 0. The molecule has 0 saturated carbocycles. The van der Waals surface area contributed by atoms with Gasteiger partial charge in [0.05, 0.1) is 13.0 Å². The Hall–Kier alpha value is -1.55. The molecule has 0 radical (unpaired) electrons. The molecular weight excluding hydrogens is 218 g/mol. The van der Waals surface area contributed by atoms with Crippen LogP contribution in [0.5, 0.6) is 5.75 Å². The molecule has 0 saturated heterocycles. The van der Waals surface area contributed by atoms with Crippen LogP contribution >= 0.6 is 0 Å². The number of phenolic OH excluding ortho intramolecular Hbond substituents is 1. The molecule has 0 amide bonds. The number of esters is 1. The van der Waals surface area contributed by atoms with E-state index in [0.29, 0.717) is 13.0 Å². The van der Waals surface area contributed by atoms with Gasteiger partial charge in [0, 0.05) is 6.04 Å². The first-order valence-corrected chi connectivity index (χ1v) is 5.91. The first-order chi connectivity index (χ1) is 8.20. The Morgan fingerprint density at radius 1 is 1.59 bits per heavy atom. The zero-order valence-corrected chi connectivity index (χ0v) is 9.90. The Balaban J connectivity index is 2.14. The molecule has 1 atom stereocenters. The second kappa shape index (κ2) is 5.19. The number of carbonyl (C=O) groups excluding carboxylic acids is 1. The lowest BCUT2D eigenvalue weighted by molar-refractivity contribution is -0.143. The number of ether oxygens (including phenoxy) is 1. The first-order valence-electron chi connectivity index (χ1n) is 5.91. The van der Waals surface area contributed by atoms with Crippen LogP contribution < -0.4 is 5.32 Å². The average Bonchev–Trinajstić information content (AvgIpc) is 2.29. The number of aromatic hydroxyl groups is 1. The van der Waals surface area contributed by atoms with Crippen molar-refractivity contribution in [3.05, 3.63) is 29.3 Å². The van der Waals surface area contributed by atoms with Crippen molar-refractivity contribution in [2.75, 3.05) is 13.2 Å². The third-order valence-corrected chi connectivity index (χ3v) is 2.96. The molecule has 92 valence electrons. The second-order valence-electron chi connectivity index (χ2n) is 4.15. The normalized spacial score (nSPS) is 18.5. The zero-order valence-electron chi connectivity index (χ0n) is 9.90. The lowest BCUT2D eigenvalue weighted by Crippen LogP contribution is -2.31. The minimum Gasteiger partial charge on any atom is -0.508 e. The van der Waals surface area contributed by atoms with Gasteiger partial charge < -0.3 is 15.2 Å². The van der Waals surface area contributed by atoms with Crippen molar-refractivity contribution < 1.29 is 14.6 Å². The fourth-order valence-corrected chi connectivity index (χ4v) is 2.21. The van der Waals surface area contributed by atoms with Crippen molar-refractivity contribution >= 4 is 5.97 Å². The fourth-order valence-electron chi connectivity index (χ4n) is 2.21. The summed E-state index contributed by atoms with van der Waals surface area (Å²) < 4.78 is 4.96. The molecule has 1 heterocycles. The van der Waals surface area contributed by atoms with Gasteiger partial charge in [0.15, 0.2) is 0 Å². The monoisotopic (exact) mass is 235 g/mol. The van der Waals surface area contributed by atoms with Gasteiger partial charge in [-0.15, -0.1) is 0 Å². The molecule has 0 unspecified atom stereocenters. The highest BCUT2D eigenvalue weighted by atomic mass is 16.5. The lowest BCUT2D eigenvalue weighted by Gasteiger charge is -2.26. The van der Waals surface area contributed by atoms with Crippen LogP contribution in [0.15, 0.2) is 18.2 Å². The predicted molar refractivity (Wildman–Crippen MR) is 63.8 cm³/mol. The largest absolute Gasteiger partial charge is 0.508 e. The van der Waals surface area contributed by atoms with E-state index in [1.54, 1.807) is 19.1 Å². The SMILES string of the molecule is CCOC(=O)C[C@H]1NCCc2cc(O)ccc21. The van der Waals surface area contributed by atoms with Crippen molar-refractivity contribution in [3.8, 4) is 5.75 Å². The average molecular weight is 235 g/mol. The van der Waals surface area contributed by atoms with Gasteiger partial charge in [-0.1, -0.05) is 6.07 Å². The third kappa shape index (κ3) is 2.77. The van der Waals surface area contributed by atoms with Gasteiger partial charge in [-0.25, -0.2) is 0 Å². The maximum Gasteiger partial charge on any atom is 0.307 e. The molecule has 1 aliphatic rings. The number of nitrogens with one attached hydrogen (secondary N) is 1. The summed E-state index contributed by atoms with van der Waals surface area (Å²) in [6.07, 6.45) is 1.22. The van der Waals surface area contributed by atoms with Crippen LogP contribution in [0.3, 0.4) is 0 Å². The van der Waals surface area contributed by atoms with Crippen molar-refractivity contribution in [2.24, 2.45) is 0 Å². The van der Waals surface area contributed by atoms with E-state index in [2.05, 4.69) is 5.32 Å². The van der Waals surface area contributed by atoms with E-state index >= 15 is 0 Å². The standard InChI is InChI=1S/C13H17NO3/c1-2-17-13(16)8-12-11-4-3-10(15)7-9(11)5-6-14-12/h3-4,7,12,14-15H,2,5-6,8H2,1H3/t12-/m1/s1. The maximum atomic E-state index is 11.5. The second-order valence-corrected chi connectivity index (χ2v) is 4.15. The molecule has 17 heavy (non-hydrogen) atoms. The van der Waals surface area contributed by atoms with Crippen LogP contribution in [0.1, 0.15) is 30.5 Å². The molecule has 1 aromatic rings. The van der Waals surface area contributed by atoms with Gasteiger partial charge >= 0.3 is 5.97 Å². The molecule has 2 N–H and O–H groups in total. The van der Waals surface area contributed by atoms with Crippen LogP contribution in [-0.4, -0.2) is 24.2 Å². The molecule has 1 aromatic carbocycles. The van der Waals surface area contributed by atoms with Gasteiger partial charge in [0.25, 0.3) is 0 Å². The van der Waals surface area contributed by atoms with Gasteiger partial charge in [-0.3, -0.25) is 4.79 Å². The fraction of sp³-hybridized carbons (Fsp3) is 0.462. The van der Waals surface area contributed by atoms with E-state index < -0.39 is 0 Å². The minimum absolute atomic E-state index is 0.00148. The number of carbonyl (C=O) groups is 1. The molecule has 2 rings (SSSR count). The summed E-state index contributed by atoms with van der Waals surface area (Å²) in [4.78, 5) is 11.5. The van der Waals surface area contributed by atoms with E-state index in [9.17, 15) is 9.90 Å². The highest BCUT2D eigenvalue weighted by Gasteiger charge is 2.22. The Labute approximate surface area is 101 Å². The smallest absolute Gasteiger partial charge is 0.307 e. The molecular formula is C13H17NO3. The van der Waals surface area contributed by atoms with Crippen LogP contribution in [0.4, 0.5) is 0 Å². The highest BCUT2D eigenvalue weighted by Crippen LogP contribution is 2.28. The van der Waals surface area contributed by atoms with E-state index in [4.69, 9.17) is 4.74 Å². The van der Waals surface area contributed by atoms with Crippen molar-refractivity contribution in [3.63, 3.8) is 0 Å². The third-order valence-electron chi connectivity index (χ3n) is 2.96. The number of hydrogen-bond acceptors (Lipinski definition) is 4. The molecule has 0 spiro atoms. The maximum absolute atomic E-state index is 11.5. The molecule has 4 heteroatoms. The molecule has 0 aliphatic carbocycles. The number of benzene rings is 1. The van der Waals surface area contributed by atoms with Crippen LogP contribution in [0.2, 0.25) is 0 Å². The van der Waals surface area contributed by atoms with E-state index in [1.165, 1.54) is 0 Å². The molecule has 0 fully saturated rings. The van der Waals surface area contributed by atoms with Gasteiger partial charge in [-0.2, -0.15) is 0 Å². The summed E-state index contributed by atoms with van der Waals surface area (Å²) in [6.45, 7) is 3.03. The predicted octanol–water partition coefficient (Wildman–Crippen LogP) is 1.53. The number of hydrogen-bond donors (Lipinski definition) is 2.